The van der Waals surface area contributed by atoms with Crippen LogP contribution in [0.4, 0.5) is 0 Å². The summed E-state index contributed by atoms with van der Waals surface area (Å²) in [5.74, 6) is 0.658. The maximum atomic E-state index is 12.2. The van der Waals surface area contributed by atoms with Crippen LogP contribution in [0, 0.1) is 5.92 Å². The zero-order valence-corrected chi connectivity index (χ0v) is 12.1. The van der Waals surface area contributed by atoms with Crippen LogP contribution in [-0.4, -0.2) is 5.97 Å². The minimum absolute atomic E-state index is 0.0695. The second kappa shape index (κ2) is 6.57. The lowest BCUT2D eigenvalue weighted by molar-refractivity contribution is -0.139. The predicted octanol–water partition coefficient (Wildman–Crippen LogP) is 4.84. The summed E-state index contributed by atoms with van der Waals surface area (Å²) in [5.41, 5.74) is 2.21. The number of rotatable bonds is 3. The average Bonchev–Trinajstić information content (AvgIpc) is 2.57. The Kier molecular flexibility index (Phi) is 4.34. The van der Waals surface area contributed by atoms with Gasteiger partial charge in [-0.15, -0.1) is 0 Å². The number of ether oxygens (including phenoxy) is 1. The first kappa shape index (κ1) is 13.9. The van der Waals surface area contributed by atoms with E-state index in [1.807, 2.05) is 42.5 Å². The molecule has 1 fully saturated rings. The van der Waals surface area contributed by atoms with E-state index in [9.17, 15) is 4.79 Å². The second-order valence-corrected chi connectivity index (χ2v) is 5.65. The smallest absolute Gasteiger partial charge is 0.314 e. The van der Waals surface area contributed by atoms with Gasteiger partial charge in [-0.2, -0.15) is 0 Å². The van der Waals surface area contributed by atoms with Crippen LogP contribution < -0.4 is 4.74 Å². The molecule has 2 aromatic carbocycles. The monoisotopic (exact) mass is 280 g/mol. The van der Waals surface area contributed by atoms with Crippen LogP contribution in [0.5, 0.6) is 5.75 Å². The molecule has 108 valence electrons. The molecule has 1 aliphatic carbocycles. The Morgan fingerprint density at radius 2 is 1.57 bits per heavy atom. The Balaban J connectivity index is 1.73. The van der Waals surface area contributed by atoms with E-state index in [1.54, 1.807) is 0 Å². The summed E-state index contributed by atoms with van der Waals surface area (Å²) >= 11 is 0. The lowest BCUT2D eigenvalue weighted by Crippen LogP contribution is -2.22. The van der Waals surface area contributed by atoms with Crippen molar-refractivity contribution in [1.29, 1.82) is 0 Å². The molecule has 0 heterocycles. The van der Waals surface area contributed by atoms with Crippen molar-refractivity contribution in [2.24, 2.45) is 5.92 Å². The van der Waals surface area contributed by atoms with E-state index in [0.29, 0.717) is 5.75 Å². The first-order valence-corrected chi connectivity index (χ1v) is 7.70. The van der Waals surface area contributed by atoms with E-state index in [2.05, 4.69) is 12.1 Å². The van der Waals surface area contributed by atoms with Gasteiger partial charge in [0.2, 0.25) is 0 Å². The zero-order valence-electron chi connectivity index (χ0n) is 12.1. The van der Waals surface area contributed by atoms with Crippen molar-refractivity contribution in [1.82, 2.24) is 0 Å². The van der Waals surface area contributed by atoms with Crippen molar-refractivity contribution >= 4 is 5.97 Å². The fraction of sp³-hybridized carbons (Fsp3) is 0.316. The van der Waals surface area contributed by atoms with Crippen molar-refractivity contribution in [3.8, 4) is 16.9 Å². The molecule has 1 saturated carbocycles. The van der Waals surface area contributed by atoms with E-state index < -0.39 is 0 Å². The van der Waals surface area contributed by atoms with Crippen LogP contribution in [0.2, 0.25) is 0 Å². The highest BCUT2D eigenvalue weighted by atomic mass is 16.5. The molecule has 2 heteroatoms. The third-order valence-corrected chi connectivity index (χ3v) is 4.10. The van der Waals surface area contributed by atoms with Crippen LogP contribution in [0.15, 0.2) is 54.6 Å². The predicted molar refractivity (Wildman–Crippen MR) is 84.1 cm³/mol. The quantitative estimate of drug-likeness (QED) is 0.594. The van der Waals surface area contributed by atoms with Gasteiger partial charge in [-0.3, -0.25) is 4.79 Å². The number of carbonyl (C=O) groups excluding carboxylic acids is 1. The first-order chi connectivity index (χ1) is 10.3. The molecule has 0 spiro atoms. The Labute approximate surface area is 125 Å². The number of hydrogen-bond donors (Lipinski definition) is 0. The molecule has 0 bridgehead atoms. The molecule has 1 aliphatic rings. The largest absolute Gasteiger partial charge is 0.426 e. The van der Waals surface area contributed by atoms with E-state index in [4.69, 9.17) is 4.74 Å². The molecule has 3 rings (SSSR count). The minimum Gasteiger partial charge on any atom is -0.426 e. The third-order valence-electron chi connectivity index (χ3n) is 4.10. The molecule has 2 nitrogen and oxygen atoms in total. The number of benzene rings is 2. The molecular formula is C19H20O2. The van der Waals surface area contributed by atoms with Gasteiger partial charge < -0.3 is 4.74 Å². The molecule has 0 aromatic heterocycles. The highest BCUT2D eigenvalue weighted by Crippen LogP contribution is 2.27. The first-order valence-electron chi connectivity index (χ1n) is 7.70. The van der Waals surface area contributed by atoms with E-state index in [1.165, 1.54) is 6.42 Å². The van der Waals surface area contributed by atoms with Crippen molar-refractivity contribution in [2.75, 3.05) is 0 Å². The van der Waals surface area contributed by atoms with E-state index >= 15 is 0 Å². The number of carbonyl (C=O) groups is 1. The number of esters is 1. The van der Waals surface area contributed by atoms with Crippen molar-refractivity contribution in [3.05, 3.63) is 54.6 Å². The molecule has 2 aromatic rings. The van der Waals surface area contributed by atoms with Crippen LogP contribution in [0.25, 0.3) is 11.1 Å². The van der Waals surface area contributed by atoms with Crippen molar-refractivity contribution in [3.63, 3.8) is 0 Å². The third kappa shape index (κ3) is 3.52. The standard InChI is InChI=1S/C19H20O2/c20-19(16-10-5-2-6-11-16)21-18-13-7-12-17(14-18)15-8-3-1-4-9-15/h1,3-4,7-9,12-14,16H,2,5-6,10-11H2. The van der Waals surface area contributed by atoms with E-state index in [-0.39, 0.29) is 11.9 Å². The van der Waals surface area contributed by atoms with Crippen LogP contribution in [0.1, 0.15) is 32.1 Å². The Morgan fingerprint density at radius 3 is 2.33 bits per heavy atom. The Bertz CT molecular complexity index is 598. The highest BCUT2D eigenvalue weighted by Gasteiger charge is 2.22. The topological polar surface area (TPSA) is 26.3 Å². The van der Waals surface area contributed by atoms with E-state index in [0.717, 1.165) is 36.8 Å². The summed E-state index contributed by atoms with van der Waals surface area (Å²) < 4.78 is 5.58. The van der Waals surface area contributed by atoms with Gasteiger partial charge in [0.1, 0.15) is 5.75 Å². The Morgan fingerprint density at radius 1 is 0.857 bits per heavy atom. The Hall–Kier alpha value is -2.09. The highest BCUT2D eigenvalue weighted by molar-refractivity contribution is 5.76. The molecule has 0 saturated heterocycles. The minimum atomic E-state index is -0.0695. The molecule has 0 aliphatic heterocycles. The summed E-state index contributed by atoms with van der Waals surface area (Å²) in [6.07, 6.45) is 5.47. The molecule has 0 radical (unpaired) electrons. The molecular weight excluding hydrogens is 260 g/mol. The molecule has 0 unspecified atom stereocenters. The van der Waals surface area contributed by atoms with Gasteiger partial charge in [-0.05, 0) is 36.1 Å². The maximum Gasteiger partial charge on any atom is 0.314 e. The second-order valence-electron chi connectivity index (χ2n) is 5.65. The number of hydrogen-bond acceptors (Lipinski definition) is 2. The normalized spacial score (nSPS) is 15.6. The van der Waals surface area contributed by atoms with Crippen LogP contribution >= 0.6 is 0 Å². The molecule has 0 atom stereocenters. The summed E-state index contributed by atoms with van der Waals surface area (Å²) in [4.78, 5) is 12.2. The summed E-state index contributed by atoms with van der Waals surface area (Å²) in [7, 11) is 0. The summed E-state index contributed by atoms with van der Waals surface area (Å²) in [6, 6.07) is 17.9. The average molecular weight is 280 g/mol. The van der Waals surface area contributed by atoms with Gasteiger partial charge in [0, 0.05) is 0 Å². The van der Waals surface area contributed by atoms with Gasteiger partial charge in [0.05, 0.1) is 5.92 Å². The maximum absolute atomic E-state index is 12.2. The molecule has 0 amide bonds. The zero-order chi connectivity index (χ0) is 14.5. The lowest BCUT2D eigenvalue weighted by Gasteiger charge is -2.19. The van der Waals surface area contributed by atoms with Gasteiger partial charge in [-0.1, -0.05) is 61.7 Å². The molecule has 0 N–H and O–H groups in total. The van der Waals surface area contributed by atoms with Crippen LogP contribution in [0.3, 0.4) is 0 Å². The summed E-state index contributed by atoms with van der Waals surface area (Å²) in [5, 5.41) is 0. The van der Waals surface area contributed by atoms with Crippen molar-refractivity contribution in [2.45, 2.75) is 32.1 Å². The SMILES string of the molecule is O=C(Oc1cccc(-c2ccccc2)c1)C1CCCCC1. The molecule has 21 heavy (non-hydrogen) atoms. The van der Waals surface area contributed by atoms with Gasteiger partial charge in [0.15, 0.2) is 0 Å². The fourth-order valence-corrected chi connectivity index (χ4v) is 2.91. The fourth-order valence-electron chi connectivity index (χ4n) is 2.91. The summed E-state index contributed by atoms with van der Waals surface area (Å²) in [6.45, 7) is 0. The van der Waals surface area contributed by atoms with Gasteiger partial charge >= 0.3 is 5.97 Å². The van der Waals surface area contributed by atoms with Gasteiger partial charge in [0.25, 0.3) is 0 Å². The lowest BCUT2D eigenvalue weighted by atomic mass is 9.89. The van der Waals surface area contributed by atoms with Crippen molar-refractivity contribution < 1.29 is 9.53 Å². The van der Waals surface area contributed by atoms with Gasteiger partial charge in [-0.25, -0.2) is 0 Å². The van der Waals surface area contributed by atoms with Crippen LogP contribution in [-0.2, 0) is 4.79 Å².